The summed E-state index contributed by atoms with van der Waals surface area (Å²) in [4.78, 5) is 0. The van der Waals surface area contributed by atoms with Crippen molar-refractivity contribution in [3.63, 3.8) is 0 Å². The molecule has 0 radical (unpaired) electrons. The van der Waals surface area contributed by atoms with E-state index in [0.717, 1.165) is 35.7 Å². The number of nitrogens with two attached hydrogens (primary N) is 1. The van der Waals surface area contributed by atoms with Gasteiger partial charge in [-0.3, -0.25) is 4.68 Å². The highest BCUT2D eigenvalue weighted by Crippen LogP contribution is 2.28. The molecule has 0 aliphatic heterocycles. The first-order valence-corrected chi connectivity index (χ1v) is 7.66. The van der Waals surface area contributed by atoms with Gasteiger partial charge in [0.25, 0.3) is 0 Å². The molecule has 21 heavy (non-hydrogen) atoms. The molecule has 1 aromatic heterocycles. The molecular weight excluding hydrogens is 286 g/mol. The van der Waals surface area contributed by atoms with Gasteiger partial charge in [0.15, 0.2) is 0 Å². The van der Waals surface area contributed by atoms with Crippen LogP contribution >= 0.6 is 11.6 Å². The summed E-state index contributed by atoms with van der Waals surface area (Å²) in [7, 11) is 0. The summed E-state index contributed by atoms with van der Waals surface area (Å²) in [5.74, 6) is 0.774. The lowest BCUT2D eigenvalue weighted by Crippen LogP contribution is -2.10. The molecule has 1 atom stereocenters. The Labute approximate surface area is 130 Å². The Hall–Kier alpha value is -1.52. The monoisotopic (exact) mass is 307 g/mol. The lowest BCUT2D eigenvalue weighted by Gasteiger charge is -2.14. The summed E-state index contributed by atoms with van der Waals surface area (Å²) in [5.41, 5.74) is 9.05. The summed E-state index contributed by atoms with van der Waals surface area (Å²) < 4.78 is 7.91. The summed E-state index contributed by atoms with van der Waals surface area (Å²) >= 11 is 6.02. The van der Waals surface area contributed by atoms with Gasteiger partial charge in [0.05, 0.1) is 11.4 Å². The van der Waals surface area contributed by atoms with Crippen LogP contribution in [0.4, 0.5) is 0 Å². The zero-order valence-electron chi connectivity index (χ0n) is 12.8. The Morgan fingerprint density at radius 2 is 2.10 bits per heavy atom. The number of rotatable bonds is 6. The van der Waals surface area contributed by atoms with Gasteiger partial charge < -0.3 is 10.5 Å². The van der Waals surface area contributed by atoms with Crippen LogP contribution in [0.3, 0.4) is 0 Å². The van der Waals surface area contributed by atoms with Gasteiger partial charge in [-0.2, -0.15) is 5.10 Å². The Balaban J connectivity index is 2.18. The molecule has 0 spiro atoms. The smallest absolute Gasteiger partial charge is 0.130 e. The van der Waals surface area contributed by atoms with Crippen LogP contribution in [-0.2, 0) is 19.6 Å². The van der Waals surface area contributed by atoms with Gasteiger partial charge in [0.2, 0.25) is 0 Å². The molecule has 0 unspecified atom stereocenters. The molecular formula is C16H22ClN3O. The van der Waals surface area contributed by atoms with Crippen molar-refractivity contribution in [1.29, 1.82) is 0 Å². The van der Waals surface area contributed by atoms with Crippen molar-refractivity contribution in [3.05, 3.63) is 46.2 Å². The van der Waals surface area contributed by atoms with Crippen molar-refractivity contribution in [2.24, 2.45) is 5.73 Å². The second-order valence-corrected chi connectivity index (χ2v) is 5.49. The fourth-order valence-electron chi connectivity index (χ4n) is 2.24. The lowest BCUT2D eigenvalue weighted by molar-refractivity contribution is 0.288. The minimum Gasteiger partial charge on any atom is -0.487 e. The Morgan fingerprint density at radius 1 is 1.33 bits per heavy atom. The van der Waals surface area contributed by atoms with Crippen LogP contribution in [0.2, 0.25) is 5.02 Å². The van der Waals surface area contributed by atoms with Crippen molar-refractivity contribution in [3.8, 4) is 5.75 Å². The van der Waals surface area contributed by atoms with Crippen molar-refractivity contribution >= 4 is 11.6 Å². The highest BCUT2D eigenvalue weighted by molar-refractivity contribution is 6.30. The maximum Gasteiger partial charge on any atom is 0.130 e. The molecule has 2 rings (SSSR count). The van der Waals surface area contributed by atoms with E-state index in [1.165, 1.54) is 0 Å². The Morgan fingerprint density at radius 3 is 2.71 bits per heavy atom. The molecule has 0 aliphatic carbocycles. The van der Waals surface area contributed by atoms with Crippen molar-refractivity contribution < 1.29 is 4.74 Å². The normalized spacial score (nSPS) is 12.4. The van der Waals surface area contributed by atoms with E-state index in [-0.39, 0.29) is 6.04 Å². The van der Waals surface area contributed by atoms with E-state index < -0.39 is 0 Å². The SMILES string of the molecule is CCc1cc(COc2ccc(Cl)cc2[C@@H](C)N)n(CC)n1. The lowest BCUT2D eigenvalue weighted by atomic mass is 10.1. The summed E-state index contributed by atoms with van der Waals surface area (Å²) in [6.45, 7) is 7.40. The largest absolute Gasteiger partial charge is 0.487 e. The minimum absolute atomic E-state index is 0.124. The van der Waals surface area contributed by atoms with Gasteiger partial charge in [-0.15, -0.1) is 0 Å². The van der Waals surface area contributed by atoms with E-state index in [1.54, 1.807) is 0 Å². The fourth-order valence-corrected chi connectivity index (χ4v) is 2.42. The zero-order chi connectivity index (χ0) is 15.4. The third-order valence-electron chi connectivity index (χ3n) is 3.41. The van der Waals surface area contributed by atoms with E-state index in [9.17, 15) is 0 Å². The average Bonchev–Trinajstić information content (AvgIpc) is 2.88. The second-order valence-electron chi connectivity index (χ2n) is 5.06. The molecule has 0 amide bonds. The van der Waals surface area contributed by atoms with Crippen LogP contribution in [0.5, 0.6) is 5.75 Å². The van der Waals surface area contributed by atoms with Crippen LogP contribution in [-0.4, -0.2) is 9.78 Å². The first-order valence-electron chi connectivity index (χ1n) is 7.28. The summed E-state index contributed by atoms with van der Waals surface area (Å²) in [6, 6.07) is 7.51. The number of aryl methyl sites for hydroxylation is 2. The Bertz CT molecular complexity index is 608. The highest BCUT2D eigenvalue weighted by Gasteiger charge is 2.11. The molecule has 0 saturated heterocycles. The average molecular weight is 308 g/mol. The molecule has 0 bridgehead atoms. The quantitative estimate of drug-likeness (QED) is 0.885. The topological polar surface area (TPSA) is 53.1 Å². The Kier molecular flexibility index (Phi) is 5.26. The van der Waals surface area contributed by atoms with Gasteiger partial charge in [-0.1, -0.05) is 18.5 Å². The maximum atomic E-state index is 6.02. The zero-order valence-corrected chi connectivity index (χ0v) is 13.5. The van der Waals surface area contributed by atoms with Gasteiger partial charge >= 0.3 is 0 Å². The molecule has 0 aliphatic rings. The molecule has 114 valence electrons. The molecule has 5 heteroatoms. The predicted octanol–water partition coefficient (Wildman–Crippen LogP) is 3.72. The van der Waals surface area contributed by atoms with Gasteiger partial charge in [-0.05, 0) is 44.5 Å². The predicted molar refractivity (Wildman–Crippen MR) is 85.7 cm³/mol. The number of halogens is 1. The first-order chi connectivity index (χ1) is 10.0. The standard InChI is InChI=1S/C16H22ClN3O/c1-4-13-9-14(20(5-2)19-13)10-21-16-7-6-12(17)8-15(16)11(3)18/h6-9,11H,4-5,10,18H2,1-3H3/t11-/m1/s1. The number of nitrogens with zero attached hydrogens (tertiary/aromatic N) is 2. The second kappa shape index (κ2) is 6.96. The number of hydrogen-bond donors (Lipinski definition) is 1. The summed E-state index contributed by atoms with van der Waals surface area (Å²) in [6.07, 6.45) is 0.923. The van der Waals surface area contributed by atoms with Gasteiger partial charge in [0, 0.05) is 23.2 Å². The number of aromatic nitrogens is 2. The number of hydrogen-bond acceptors (Lipinski definition) is 3. The van der Waals surface area contributed by atoms with Gasteiger partial charge in [-0.25, -0.2) is 0 Å². The van der Waals surface area contributed by atoms with E-state index in [1.807, 2.05) is 29.8 Å². The molecule has 2 N–H and O–H groups in total. The highest BCUT2D eigenvalue weighted by atomic mass is 35.5. The first kappa shape index (κ1) is 15.9. The molecule has 1 heterocycles. The van der Waals surface area contributed by atoms with Crippen LogP contribution in [0, 0.1) is 0 Å². The molecule has 0 fully saturated rings. The molecule has 1 aromatic carbocycles. The number of ether oxygens (including phenoxy) is 1. The van der Waals surface area contributed by atoms with Crippen LogP contribution in [0.25, 0.3) is 0 Å². The van der Waals surface area contributed by atoms with Crippen LogP contribution in [0.15, 0.2) is 24.3 Å². The molecule has 4 nitrogen and oxygen atoms in total. The van der Waals surface area contributed by atoms with Crippen molar-refractivity contribution in [2.75, 3.05) is 0 Å². The van der Waals surface area contributed by atoms with Crippen LogP contribution < -0.4 is 10.5 Å². The molecule has 0 saturated carbocycles. The minimum atomic E-state index is -0.124. The summed E-state index contributed by atoms with van der Waals surface area (Å²) in [5, 5.41) is 5.19. The fraction of sp³-hybridized carbons (Fsp3) is 0.438. The third-order valence-corrected chi connectivity index (χ3v) is 3.65. The van der Waals surface area contributed by atoms with E-state index in [2.05, 4.69) is 25.0 Å². The van der Waals surface area contributed by atoms with E-state index in [0.29, 0.717) is 11.6 Å². The van der Waals surface area contributed by atoms with Crippen molar-refractivity contribution in [1.82, 2.24) is 9.78 Å². The van der Waals surface area contributed by atoms with Crippen molar-refractivity contribution in [2.45, 2.75) is 46.4 Å². The third kappa shape index (κ3) is 3.77. The van der Waals surface area contributed by atoms with Gasteiger partial charge in [0.1, 0.15) is 12.4 Å². The molecule has 2 aromatic rings. The van der Waals surface area contributed by atoms with E-state index in [4.69, 9.17) is 22.1 Å². The maximum absolute atomic E-state index is 6.02. The number of benzene rings is 1. The van der Waals surface area contributed by atoms with E-state index >= 15 is 0 Å². The van der Waals surface area contributed by atoms with Crippen LogP contribution in [0.1, 0.15) is 43.8 Å².